The van der Waals surface area contributed by atoms with Gasteiger partial charge in [0.25, 0.3) is 0 Å². The van der Waals surface area contributed by atoms with Crippen molar-refractivity contribution in [2.75, 3.05) is 25.1 Å². The van der Waals surface area contributed by atoms with Crippen LogP contribution in [0.3, 0.4) is 0 Å². The Hall–Kier alpha value is -1.88. The molecule has 1 unspecified atom stereocenters. The Kier molecular flexibility index (Phi) is 3.44. The highest BCUT2D eigenvalue weighted by molar-refractivity contribution is 5.40. The van der Waals surface area contributed by atoms with Crippen LogP contribution < -0.4 is 5.32 Å². The maximum atomic E-state index is 13.1. The van der Waals surface area contributed by atoms with Crippen LogP contribution in [-0.4, -0.2) is 29.5 Å². The van der Waals surface area contributed by atoms with Crippen LogP contribution in [0.4, 0.5) is 10.1 Å². The average Bonchev–Trinajstić information content (AvgIpc) is 3.07. The molecule has 0 saturated carbocycles. The van der Waals surface area contributed by atoms with E-state index in [1.807, 2.05) is 25.4 Å². The molecule has 1 fully saturated rings. The van der Waals surface area contributed by atoms with Crippen molar-refractivity contribution in [3.05, 3.63) is 48.0 Å². The number of hydrogen-bond donors (Lipinski definition) is 1. The summed E-state index contributed by atoms with van der Waals surface area (Å²) in [6, 6.07) is 6.74. The van der Waals surface area contributed by atoms with Crippen LogP contribution in [0.25, 0.3) is 0 Å². The molecule has 0 aliphatic carbocycles. The summed E-state index contributed by atoms with van der Waals surface area (Å²) < 4.78 is 20.4. The number of aromatic nitrogens is 2. The zero-order valence-corrected chi connectivity index (χ0v) is 11.5. The molecule has 0 amide bonds. The molecule has 1 aromatic heterocycles. The highest BCUT2D eigenvalue weighted by atomic mass is 19.1. The van der Waals surface area contributed by atoms with Gasteiger partial charge < -0.3 is 10.1 Å². The first-order valence-corrected chi connectivity index (χ1v) is 6.74. The van der Waals surface area contributed by atoms with Gasteiger partial charge in [-0.3, -0.25) is 4.68 Å². The first kappa shape index (κ1) is 13.1. The van der Waals surface area contributed by atoms with Gasteiger partial charge in [-0.25, -0.2) is 4.39 Å². The van der Waals surface area contributed by atoms with E-state index in [0.717, 1.165) is 30.8 Å². The van der Waals surface area contributed by atoms with Gasteiger partial charge in [-0.1, -0.05) is 12.1 Å². The van der Waals surface area contributed by atoms with E-state index in [9.17, 15) is 4.39 Å². The molecule has 1 aliphatic heterocycles. The molecular formula is C15H18FN3O. The number of hydrogen-bond acceptors (Lipinski definition) is 3. The predicted octanol–water partition coefficient (Wildman–Crippen LogP) is 2.33. The number of halogens is 1. The summed E-state index contributed by atoms with van der Waals surface area (Å²) in [5.74, 6) is -0.206. The minimum Gasteiger partial charge on any atom is -0.382 e. The molecule has 0 bridgehead atoms. The van der Waals surface area contributed by atoms with Gasteiger partial charge in [-0.2, -0.15) is 5.10 Å². The van der Waals surface area contributed by atoms with Crippen LogP contribution in [0.15, 0.2) is 36.7 Å². The van der Waals surface area contributed by atoms with E-state index in [-0.39, 0.29) is 11.2 Å². The fourth-order valence-corrected chi connectivity index (χ4v) is 2.66. The zero-order chi connectivity index (χ0) is 14.0. The van der Waals surface area contributed by atoms with Gasteiger partial charge in [0.2, 0.25) is 0 Å². The van der Waals surface area contributed by atoms with Gasteiger partial charge in [-0.05, 0) is 24.1 Å². The van der Waals surface area contributed by atoms with Gasteiger partial charge in [0.05, 0.1) is 18.5 Å². The second-order valence-electron chi connectivity index (χ2n) is 5.35. The second-order valence-corrected chi connectivity index (χ2v) is 5.35. The number of anilines is 1. The molecule has 1 N–H and O–H groups in total. The largest absolute Gasteiger partial charge is 0.382 e. The van der Waals surface area contributed by atoms with Gasteiger partial charge in [0.1, 0.15) is 5.82 Å². The first-order chi connectivity index (χ1) is 9.68. The summed E-state index contributed by atoms with van der Waals surface area (Å²) in [7, 11) is 1.89. The second kappa shape index (κ2) is 5.25. The summed E-state index contributed by atoms with van der Waals surface area (Å²) >= 11 is 0. The lowest BCUT2D eigenvalue weighted by Gasteiger charge is -2.28. The van der Waals surface area contributed by atoms with Crippen molar-refractivity contribution in [3.63, 3.8) is 0 Å². The fourth-order valence-electron chi connectivity index (χ4n) is 2.66. The average molecular weight is 275 g/mol. The lowest BCUT2D eigenvalue weighted by atomic mass is 9.79. The van der Waals surface area contributed by atoms with E-state index in [0.29, 0.717) is 6.61 Å². The number of aryl methyl sites for hydroxylation is 1. The monoisotopic (exact) mass is 275 g/mol. The third-order valence-corrected chi connectivity index (χ3v) is 3.90. The fraction of sp³-hybridized carbons (Fsp3) is 0.400. The Bertz CT molecular complexity index is 573. The molecule has 1 atom stereocenters. The Labute approximate surface area is 117 Å². The number of rotatable bonds is 4. The molecular weight excluding hydrogens is 257 g/mol. The third kappa shape index (κ3) is 2.54. The van der Waals surface area contributed by atoms with Gasteiger partial charge in [-0.15, -0.1) is 0 Å². The van der Waals surface area contributed by atoms with Crippen LogP contribution in [-0.2, 0) is 17.2 Å². The Morgan fingerprint density at radius 2 is 2.20 bits per heavy atom. The lowest BCUT2D eigenvalue weighted by Crippen LogP contribution is -2.35. The Morgan fingerprint density at radius 3 is 2.80 bits per heavy atom. The minimum atomic E-state index is -0.206. The molecule has 3 rings (SSSR count). The van der Waals surface area contributed by atoms with E-state index in [1.165, 1.54) is 12.1 Å². The Balaban J connectivity index is 1.79. The molecule has 0 radical (unpaired) electrons. The normalized spacial score (nSPS) is 22.1. The van der Waals surface area contributed by atoms with Gasteiger partial charge in [0.15, 0.2) is 0 Å². The molecule has 2 aromatic rings. The van der Waals surface area contributed by atoms with Crippen molar-refractivity contribution in [3.8, 4) is 0 Å². The molecule has 0 spiro atoms. The summed E-state index contributed by atoms with van der Waals surface area (Å²) in [5.41, 5.74) is 2.01. The van der Waals surface area contributed by atoms with Crippen LogP contribution in [0, 0.1) is 5.82 Å². The van der Waals surface area contributed by atoms with E-state index < -0.39 is 0 Å². The van der Waals surface area contributed by atoms with Crippen molar-refractivity contribution in [1.82, 2.24) is 9.78 Å². The van der Waals surface area contributed by atoms with Gasteiger partial charge in [0, 0.05) is 31.8 Å². The van der Waals surface area contributed by atoms with Crippen LogP contribution in [0.1, 0.15) is 12.0 Å². The number of ether oxygens (including phenoxy) is 1. The van der Waals surface area contributed by atoms with Crippen molar-refractivity contribution in [2.24, 2.45) is 7.05 Å². The highest BCUT2D eigenvalue weighted by Crippen LogP contribution is 2.33. The van der Waals surface area contributed by atoms with Crippen LogP contribution in [0.2, 0.25) is 0 Å². The topological polar surface area (TPSA) is 39.1 Å². The summed E-state index contributed by atoms with van der Waals surface area (Å²) in [6.45, 7) is 2.16. The van der Waals surface area contributed by atoms with E-state index in [1.54, 1.807) is 10.9 Å². The van der Waals surface area contributed by atoms with Gasteiger partial charge >= 0.3 is 0 Å². The standard InChI is InChI=1S/C15H18FN3O/c1-19-9-14(8-18-19)17-10-15(6-7-20-11-15)12-2-4-13(16)5-3-12/h2-5,8-9,17H,6-7,10-11H2,1H3. The number of benzene rings is 1. The zero-order valence-electron chi connectivity index (χ0n) is 11.5. The minimum absolute atomic E-state index is 0.0937. The molecule has 2 heterocycles. The molecule has 4 nitrogen and oxygen atoms in total. The number of nitrogens with zero attached hydrogens (tertiary/aromatic N) is 2. The third-order valence-electron chi connectivity index (χ3n) is 3.90. The van der Waals surface area contributed by atoms with E-state index >= 15 is 0 Å². The van der Waals surface area contributed by atoms with Crippen LogP contribution >= 0.6 is 0 Å². The first-order valence-electron chi connectivity index (χ1n) is 6.74. The predicted molar refractivity (Wildman–Crippen MR) is 75.2 cm³/mol. The van der Waals surface area contributed by atoms with Crippen molar-refractivity contribution >= 4 is 5.69 Å². The quantitative estimate of drug-likeness (QED) is 0.931. The molecule has 106 valence electrons. The lowest BCUT2D eigenvalue weighted by molar-refractivity contribution is 0.179. The molecule has 1 aromatic carbocycles. The molecule has 20 heavy (non-hydrogen) atoms. The maximum absolute atomic E-state index is 13.1. The van der Waals surface area contributed by atoms with E-state index in [4.69, 9.17) is 4.74 Å². The highest BCUT2D eigenvalue weighted by Gasteiger charge is 2.36. The molecule has 1 saturated heterocycles. The molecule has 1 aliphatic rings. The maximum Gasteiger partial charge on any atom is 0.123 e. The summed E-state index contributed by atoms with van der Waals surface area (Å²) in [4.78, 5) is 0. The Morgan fingerprint density at radius 1 is 1.40 bits per heavy atom. The SMILES string of the molecule is Cn1cc(NCC2(c3ccc(F)cc3)CCOC2)cn1. The number of nitrogens with one attached hydrogen (secondary N) is 1. The van der Waals surface area contributed by atoms with Crippen LogP contribution in [0.5, 0.6) is 0 Å². The summed E-state index contributed by atoms with van der Waals surface area (Å²) in [5, 5.41) is 7.55. The van der Waals surface area contributed by atoms with Crippen molar-refractivity contribution in [2.45, 2.75) is 11.8 Å². The smallest absolute Gasteiger partial charge is 0.123 e. The van der Waals surface area contributed by atoms with E-state index in [2.05, 4.69) is 10.4 Å². The molecule has 5 heteroatoms. The van der Waals surface area contributed by atoms with Crippen molar-refractivity contribution in [1.29, 1.82) is 0 Å². The summed E-state index contributed by atoms with van der Waals surface area (Å²) in [6.07, 6.45) is 4.67. The van der Waals surface area contributed by atoms with Crippen molar-refractivity contribution < 1.29 is 9.13 Å².